The van der Waals surface area contributed by atoms with E-state index in [0.717, 1.165) is 17.8 Å². The second-order valence-corrected chi connectivity index (χ2v) is 4.80. The molecule has 1 aromatic heterocycles. The van der Waals surface area contributed by atoms with Crippen LogP contribution in [0.4, 0.5) is 8.78 Å². The highest BCUT2D eigenvalue weighted by Gasteiger charge is 2.20. The van der Waals surface area contributed by atoms with E-state index >= 15 is 0 Å². The average Bonchev–Trinajstić information content (AvgIpc) is 3.24. The van der Waals surface area contributed by atoms with Crippen molar-refractivity contribution in [1.82, 2.24) is 10.3 Å². The Morgan fingerprint density at radius 1 is 1.20 bits per heavy atom. The Morgan fingerprint density at radius 3 is 2.80 bits per heavy atom. The predicted octanol–water partition coefficient (Wildman–Crippen LogP) is 3.40. The lowest BCUT2D eigenvalue weighted by Gasteiger charge is -2.08. The molecule has 1 saturated carbocycles. The molecule has 3 nitrogen and oxygen atoms in total. The summed E-state index contributed by atoms with van der Waals surface area (Å²) < 4.78 is 31.7. The van der Waals surface area contributed by atoms with Gasteiger partial charge in [-0.15, -0.1) is 0 Å². The van der Waals surface area contributed by atoms with Crippen molar-refractivity contribution in [2.45, 2.75) is 25.4 Å². The fourth-order valence-corrected chi connectivity index (χ4v) is 1.82. The summed E-state index contributed by atoms with van der Waals surface area (Å²) in [7, 11) is 0. The van der Waals surface area contributed by atoms with Gasteiger partial charge in [-0.2, -0.15) is 0 Å². The molecule has 20 heavy (non-hydrogen) atoms. The Hall–Kier alpha value is -2.01. The summed E-state index contributed by atoms with van der Waals surface area (Å²) in [6.45, 7) is 0.660. The van der Waals surface area contributed by atoms with Gasteiger partial charge in [-0.3, -0.25) is 0 Å². The van der Waals surface area contributed by atoms with Crippen LogP contribution in [-0.2, 0) is 6.54 Å². The van der Waals surface area contributed by atoms with Crippen LogP contribution in [0.25, 0.3) is 0 Å². The van der Waals surface area contributed by atoms with Gasteiger partial charge < -0.3 is 10.1 Å². The first kappa shape index (κ1) is 13.0. The van der Waals surface area contributed by atoms with Crippen LogP contribution in [0.2, 0.25) is 0 Å². The van der Waals surface area contributed by atoms with Gasteiger partial charge >= 0.3 is 0 Å². The van der Waals surface area contributed by atoms with Crippen LogP contribution >= 0.6 is 0 Å². The maximum Gasteiger partial charge on any atom is 0.219 e. The van der Waals surface area contributed by atoms with Gasteiger partial charge in [0.15, 0.2) is 11.6 Å². The van der Waals surface area contributed by atoms with Crippen LogP contribution in [0.15, 0.2) is 36.4 Å². The van der Waals surface area contributed by atoms with E-state index in [-0.39, 0.29) is 5.75 Å². The standard InChI is InChI=1S/C15H14F2N2O/c16-10-4-7-14(13(17)8-10)20-15-3-1-2-12(19-15)9-18-11-5-6-11/h1-4,7-8,11,18H,5-6,9H2. The molecule has 1 fully saturated rings. The zero-order valence-corrected chi connectivity index (χ0v) is 10.8. The SMILES string of the molecule is Fc1ccc(Oc2cccc(CNC3CC3)n2)c(F)c1. The summed E-state index contributed by atoms with van der Waals surface area (Å²) in [5, 5.41) is 3.34. The van der Waals surface area contributed by atoms with E-state index in [1.54, 1.807) is 12.1 Å². The lowest BCUT2D eigenvalue weighted by molar-refractivity contribution is 0.421. The molecule has 0 saturated heterocycles. The van der Waals surface area contributed by atoms with Gasteiger partial charge in [0.1, 0.15) is 5.82 Å². The molecular formula is C15H14F2N2O. The Morgan fingerprint density at radius 2 is 2.05 bits per heavy atom. The van der Waals surface area contributed by atoms with E-state index in [4.69, 9.17) is 4.74 Å². The van der Waals surface area contributed by atoms with E-state index in [1.807, 2.05) is 6.07 Å². The molecule has 0 bridgehead atoms. The van der Waals surface area contributed by atoms with Crippen LogP contribution in [0, 0.1) is 11.6 Å². The number of ether oxygens (including phenoxy) is 1. The van der Waals surface area contributed by atoms with Crippen molar-refractivity contribution in [2.75, 3.05) is 0 Å². The summed E-state index contributed by atoms with van der Waals surface area (Å²) >= 11 is 0. The van der Waals surface area contributed by atoms with Gasteiger partial charge in [0.25, 0.3) is 0 Å². The van der Waals surface area contributed by atoms with Gasteiger partial charge in [-0.05, 0) is 31.0 Å². The van der Waals surface area contributed by atoms with E-state index in [2.05, 4.69) is 10.3 Å². The third kappa shape index (κ3) is 3.30. The van der Waals surface area contributed by atoms with Crippen molar-refractivity contribution in [3.8, 4) is 11.6 Å². The van der Waals surface area contributed by atoms with Crippen LogP contribution in [0.1, 0.15) is 18.5 Å². The number of halogens is 2. The Balaban J connectivity index is 1.70. The second-order valence-electron chi connectivity index (χ2n) is 4.80. The molecule has 0 spiro atoms. The molecule has 3 rings (SSSR count). The molecular weight excluding hydrogens is 262 g/mol. The summed E-state index contributed by atoms with van der Waals surface area (Å²) in [4.78, 5) is 4.29. The van der Waals surface area contributed by atoms with Gasteiger partial charge in [0.2, 0.25) is 5.88 Å². The maximum absolute atomic E-state index is 13.5. The maximum atomic E-state index is 13.5. The fraction of sp³-hybridized carbons (Fsp3) is 0.267. The Labute approximate surface area is 115 Å². The first-order valence-corrected chi connectivity index (χ1v) is 6.53. The minimum Gasteiger partial charge on any atom is -0.436 e. The topological polar surface area (TPSA) is 34.1 Å². The van der Waals surface area contributed by atoms with Crippen LogP contribution in [-0.4, -0.2) is 11.0 Å². The highest BCUT2D eigenvalue weighted by atomic mass is 19.1. The second kappa shape index (κ2) is 5.54. The number of pyridine rings is 1. The first-order chi connectivity index (χ1) is 9.70. The fourth-order valence-electron chi connectivity index (χ4n) is 1.82. The van der Waals surface area contributed by atoms with E-state index in [9.17, 15) is 8.78 Å². The van der Waals surface area contributed by atoms with Crippen molar-refractivity contribution < 1.29 is 13.5 Å². The zero-order chi connectivity index (χ0) is 13.9. The molecule has 0 aliphatic heterocycles. The van der Waals surface area contributed by atoms with Crippen LogP contribution < -0.4 is 10.1 Å². The van der Waals surface area contributed by atoms with Crippen molar-refractivity contribution in [3.63, 3.8) is 0 Å². The first-order valence-electron chi connectivity index (χ1n) is 6.53. The van der Waals surface area contributed by atoms with Gasteiger partial charge in [-0.1, -0.05) is 6.07 Å². The number of nitrogens with zero attached hydrogens (tertiary/aromatic N) is 1. The number of hydrogen-bond acceptors (Lipinski definition) is 3. The summed E-state index contributed by atoms with van der Waals surface area (Å²) in [6.07, 6.45) is 2.41. The molecule has 1 aliphatic carbocycles. The molecule has 1 aromatic carbocycles. The monoisotopic (exact) mass is 276 g/mol. The molecule has 1 N–H and O–H groups in total. The smallest absolute Gasteiger partial charge is 0.219 e. The number of hydrogen-bond donors (Lipinski definition) is 1. The Bertz CT molecular complexity index is 615. The normalized spacial score (nSPS) is 14.3. The average molecular weight is 276 g/mol. The van der Waals surface area contributed by atoms with Crippen LogP contribution in [0.3, 0.4) is 0 Å². The molecule has 1 aliphatic rings. The zero-order valence-electron chi connectivity index (χ0n) is 10.8. The summed E-state index contributed by atoms with van der Waals surface area (Å²) in [5.41, 5.74) is 0.830. The van der Waals surface area contributed by atoms with Gasteiger partial charge in [-0.25, -0.2) is 13.8 Å². The van der Waals surface area contributed by atoms with E-state index < -0.39 is 11.6 Å². The van der Waals surface area contributed by atoms with Crippen molar-refractivity contribution >= 4 is 0 Å². The highest BCUT2D eigenvalue weighted by Crippen LogP contribution is 2.24. The van der Waals surface area contributed by atoms with Gasteiger partial charge in [0.05, 0.1) is 5.69 Å². The number of rotatable bonds is 5. The van der Waals surface area contributed by atoms with E-state index in [0.29, 0.717) is 18.5 Å². The van der Waals surface area contributed by atoms with Crippen molar-refractivity contribution in [1.29, 1.82) is 0 Å². The van der Waals surface area contributed by atoms with E-state index in [1.165, 1.54) is 18.9 Å². The summed E-state index contributed by atoms with van der Waals surface area (Å²) in [6, 6.07) is 9.10. The largest absolute Gasteiger partial charge is 0.436 e. The molecule has 0 unspecified atom stereocenters. The third-order valence-electron chi connectivity index (χ3n) is 3.04. The molecule has 0 amide bonds. The minimum atomic E-state index is -0.742. The minimum absolute atomic E-state index is 0.0359. The number of aromatic nitrogens is 1. The van der Waals surface area contributed by atoms with Crippen molar-refractivity contribution in [2.24, 2.45) is 0 Å². The van der Waals surface area contributed by atoms with Crippen LogP contribution in [0.5, 0.6) is 11.6 Å². The molecule has 2 aromatic rings. The lowest BCUT2D eigenvalue weighted by atomic mass is 10.3. The quantitative estimate of drug-likeness (QED) is 0.908. The third-order valence-corrected chi connectivity index (χ3v) is 3.04. The van der Waals surface area contributed by atoms with Crippen molar-refractivity contribution in [3.05, 3.63) is 53.7 Å². The highest BCUT2D eigenvalue weighted by molar-refractivity contribution is 5.29. The summed E-state index contributed by atoms with van der Waals surface area (Å²) in [5.74, 6) is -1.12. The lowest BCUT2D eigenvalue weighted by Crippen LogP contribution is -2.16. The molecule has 0 atom stereocenters. The molecule has 0 radical (unpaired) electrons. The van der Waals surface area contributed by atoms with Gasteiger partial charge in [0, 0.05) is 24.7 Å². The molecule has 104 valence electrons. The molecule has 5 heteroatoms. The predicted molar refractivity (Wildman–Crippen MR) is 70.5 cm³/mol. The molecule has 1 heterocycles. The Kier molecular flexibility index (Phi) is 3.60. The number of benzene rings is 1. The number of nitrogens with one attached hydrogen (secondary N) is 1.